The number of halogens is 1. The molecule has 118 valence electrons. The maximum absolute atomic E-state index is 13.1. The number of aryl methyl sites for hydroxylation is 1. The molecule has 1 rings (SSSR count). The van der Waals surface area contributed by atoms with Gasteiger partial charge >= 0.3 is 5.97 Å². The first-order valence-corrected chi connectivity index (χ1v) is 7.83. The van der Waals surface area contributed by atoms with Gasteiger partial charge in [-0.3, -0.25) is 4.79 Å². The van der Waals surface area contributed by atoms with Gasteiger partial charge in [0.15, 0.2) is 0 Å². The van der Waals surface area contributed by atoms with Crippen molar-refractivity contribution >= 4 is 16.0 Å². The first kappa shape index (κ1) is 17.6. The quantitative estimate of drug-likeness (QED) is 0.873. The van der Waals surface area contributed by atoms with Gasteiger partial charge in [-0.15, -0.1) is 0 Å². The van der Waals surface area contributed by atoms with E-state index < -0.39 is 32.8 Å². The second kappa shape index (κ2) is 5.38. The molecule has 0 radical (unpaired) electrons. The summed E-state index contributed by atoms with van der Waals surface area (Å²) in [6, 6.07) is 3.33. The molecule has 0 aliphatic rings. The van der Waals surface area contributed by atoms with E-state index in [1.54, 1.807) is 0 Å². The fourth-order valence-electron chi connectivity index (χ4n) is 1.70. The number of sulfonamides is 1. The normalized spacial score (nSPS) is 13.2. The lowest BCUT2D eigenvalue weighted by Gasteiger charge is -2.38. The van der Waals surface area contributed by atoms with Crippen LogP contribution < -0.4 is 4.72 Å². The van der Waals surface area contributed by atoms with Crippen LogP contribution in [0.5, 0.6) is 0 Å². The van der Waals surface area contributed by atoms with Gasteiger partial charge < -0.3 is 5.11 Å². The Hall–Kier alpha value is -1.47. The molecule has 21 heavy (non-hydrogen) atoms. The van der Waals surface area contributed by atoms with Crippen molar-refractivity contribution in [2.75, 3.05) is 0 Å². The summed E-state index contributed by atoms with van der Waals surface area (Å²) in [7, 11) is -3.96. The van der Waals surface area contributed by atoms with E-state index in [1.165, 1.54) is 34.6 Å². The Morgan fingerprint density at radius 2 is 1.76 bits per heavy atom. The molecule has 0 aliphatic carbocycles. The van der Waals surface area contributed by atoms with Crippen LogP contribution in [-0.4, -0.2) is 25.0 Å². The van der Waals surface area contributed by atoms with Crippen LogP contribution in [0, 0.1) is 18.2 Å². The van der Waals surface area contributed by atoms with E-state index in [2.05, 4.69) is 4.72 Å². The Labute approximate surface area is 124 Å². The van der Waals surface area contributed by atoms with Gasteiger partial charge in [-0.2, -0.15) is 0 Å². The number of aliphatic carboxylic acids is 1. The minimum Gasteiger partial charge on any atom is -0.481 e. The molecule has 0 unspecified atom stereocenters. The zero-order valence-electron chi connectivity index (χ0n) is 12.7. The Bertz CT molecular complexity index is 666. The maximum Gasteiger partial charge on any atom is 0.310 e. The largest absolute Gasteiger partial charge is 0.481 e. The van der Waals surface area contributed by atoms with Crippen LogP contribution in [0.4, 0.5) is 4.39 Å². The molecule has 0 amide bonds. The van der Waals surface area contributed by atoms with Crippen molar-refractivity contribution in [2.24, 2.45) is 5.41 Å². The summed E-state index contributed by atoms with van der Waals surface area (Å²) in [6.45, 7) is 7.35. The molecule has 1 aromatic rings. The van der Waals surface area contributed by atoms with Crippen LogP contribution in [0.3, 0.4) is 0 Å². The predicted octanol–water partition coefficient (Wildman–Crippen LogP) is 2.30. The second-order valence-corrected chi connectivity index (χ2v) is 7.72. The van der Waals surface area contributed by atoms with Gasteiger partial charge in [-0.1, -0.05) is 0 Å². The molecule has 0 heterocycles. The predicted molar refractivity (Wildman–Crippen MR) is 77.0 cm³/mol. The lowest BCUT2D eigenvalue weighted by molar-refractivity contribution is -0.150. The van der Waals surface area contributed by atoms with Crippen LogP contribution >= 0.6 is 0 Å². The molecule has 2 N–H and O–H groups in total. The van der Waals surface area contributed by atoms with E-state index >= 15 is 0 Å². The van der Waals surface area contributed by atoms with Crippen molar-refractivity contribution in [3.63, 3.8) is 0 Å². The van der Waals surface area contributed by atoms with Crippen LogP contribution in [0.15, 0.2) is 23.1 Å². The third-order valence-corrected chi connectivity index (χ3v) is 5.73. The molecular formula is C14H20FNO4S. The summed E-state index contributed by atoms with van der Waals surface area (Å²) in [5.74, 6) is -1.65. The van der Waals surface area contributed by atoms with Crippen molar-refractivity contribution in [3.8, 4) is 0 Å². The minimum atomic E-state index is -3.96. The van der Waals surface area contributed by atoms with E-state index in [0.29, 0.717) is 0 Å². The highest BCUT2D eigenvalue weighted by Gasteiger charge is 2.46. The highest BCUT2D eigenvalue weighted by Crippen LogP contribution is 2.32. The fraction of sp³-hybridized carbons (Fsp3) is 0.500. The molecule has 0 bridgehead atoms. The number of rotatable bonds is 5. The van der Waals surface area contributed by atoms with Gasteiger partial charge in [-0.05, 0) is 58.4 Å². The Kier molecular flexibility index (Phi) is 4.51. The summed E-state index contributed by atoms with van der Waals surface area (Å²) in [5.41, 5.74) is -2.31. The molecule has 5 nitrogen and oxygen atoms in total. The number of nitrogens with one attached hydrogen (secondary N) is 1. The Morgan fingerprint density at radius 1 is 1.24 bits per heavy atom. The zero-order valence-corrected chi connectivity index (χ0v) is 13.5. The number of benzene rings is 1. The molecule has 0 atom stereocenters. The molecule has 0 aromatic heterocycles. The average Bonchev–Trinajstić information content (AvgIpc) is 2.25. The number of carboxylic acids is 1. The van der Waals surface area contributed by atoms with Gasteiger partial charge in [-0.25, -0.2) is 17.5 Å². The summed E-state index contributed by atoms with van der Waals surface area (Å²) < 4.78 is 40.3. The molecule has 1 aromatic carbocycles. The Balaban J connectivity index is 3.25. The molecule has 0 fully saturated rings. The molecule has 0 spiro atoms. The highest BCUT2D eigenvalue weighted by atomic mass is 32.2. The van der Waals surface area contributed by atoms with Crippen molar-refractivity contribution < 1.29 is 22.7 Å². The van der Waals surface area contributed by atoms with Gasteiger partial charge in [0.25, 0.3) is 0 Å². The van der Waals surface area contributed by atoms with Gasteiger partial charge in [0.05, 0.1) is 10.3 Å². The maximum atomic E-state index is 13.1. The van der Waals surface area contributed by atoms with Gasteiger partial charge in [0.2, 0.25) is 10.0 Å². The lowest BCUT2D eigenvalue weighted by Crippen LogP contribution is -2.56. The molecular weight excluding hydrogens is 297 g/mol. The molecule has 0 saturated heterocycles. The molecule has 7 heteroatoms. The van der Waals surface area contributed by atoms with E-state index in [4.69, 9.17) is 0 Å². The van der Waals surface area contributed by atoms with E-state index in [0.717, 1.165) is 18.2 Å². The number of carbonyl (C=O) groups is 1. The van der Waals surface area contributed by atoms with E-state index in [9.17, 15) is 22.7 Å². The third-order valence-electron chi connectivity index (χ3n) is 3.91. The summed E-state index contributed by atoms with van der Waals surface area (Å²) in [6.07, 6.45) is 0. The third kappa shape index (κ3) is 3.41. The summed E-state index contributed by atoms with van der Waals surface area (Å²) in [5, 5.41) is 9.25. The van der Waals surface area contributed by atoms with Crippen molar-refractivity contribution in [2.45, 2.75) is 45.1 Å². The Morgan fingerprint density at radius 3 is 2.19 bits per heavy atom. The standard InChI is InChI=1S/C14H20FNO4S/c1-9-8-10(15)6-7-11(9)21(19,20)16-14(4,5)13(2,3)12(17)18/h6-8,16H,1-5H3,(H,17,18). The first-order chi connectivity index (χ1) is 9.31. The smallest absolute Gasteiger partial charge is 0.310 e. The van der Waals surface area contributed by atoms with Crippen LogP contribution in [0.1, 0.15) is 33.3 Å². The van der Waals surface area contributed by atoms with Crippen LogP contribution in [0.25, 0.3) is 0 Å². The topological polar surface area (TPSA) is 83.5 Å². The van der Waals surface area contributed by atoms with Crippen molar-refractivity contribution in [1.29, 1.82) is 0 Å². The van der Waals surface area contributed by atoms with E-state index in [1.807, 2.05) is 0 Å². The lowest BCUT2D eigenvalue weighted by atomic mass is 9.75. The fourth-order valence-corrected chi connectivity index (χ4v) is 3.47. The zero-order chi connectivity index (χ0) is 16.6. The van der Waals surface area contributed by atoms with E-state index in [-0.39, 0.29) is 10.5 Å². The summed E-state index contributed by atoms with van der Waals surface area (Å²) in [4.78, 5) is 11.2. The van der Waals surface area contributed by atoms with Crippen molar-refractivity contribution in [3.05, 3.63) is 29.6 Å². The summed E-state index contributed by atoms with van der Waals surface area (Å²) >= 11 is 0. The molecule has 0 saturated carbocycles. The van der Waals surface area contributed by atoms with Crippen LogP contribution in [-0.2, 0) is 14.8 Å². The average molecular weight is 317 g/mol. The van der Waals surface area contributed by atoms with Crippen LogP contribution in [0.2, 0.25) is 0 Å². The highest BCUT2D eigenvalue weighted by molar-refractivity contribution is 7.89. The molecule has 0 aliphatic heterocycles. The van der Waals surface area contributed by atoms with Gasteiger partial charge in [0, 0.05) is 5.54 Å². The first-order valence-electron chi connectivity index (χ1n) is 6.35. The van der Waals surface area contributed by atoms with Gasteiger partial charge in [0.1, 0.15) is 5.82 Å². The SMILES string of the molecule is Cc1cc(F)ccc1S(=O)(=O)NC(C)(C)C(C)(C)C(=O)O. The number of carboxylic acid groups (broad SMARTS) is 1. The minimum absolute atomic E-state index is 0.0711. The monoisotopic (exact) mass is 317 g/mol. The number of hydrogen-bond acceptors (Lipinski definition) is 3. The number of hydrogen-bond donors (Lipinski definition) is 2. The van der Waals surface area contributed by atoms with Crippen molar-refractivity contribution in [1.82, 2.24) is 4.72 Å². The second-order valence-electron chi connectivity index (χ2n) is 6.07.